The average molecular weight is 777 g/mol. The average Bonchev–Trinajstić information content (AvgIpc) is 3.78. The van der Waals surface area contributed by atoms with Crippen molar-refractivity contribution in [2.45, 2.75) is 55.4 Å². The van der Waals surface area contributed by atoms with Crippen LogP contribution in [0.15, 0.2) is 127 Å². The lowest BCUT2D eigenvalue weighted by atomic mass is 9.63. The minimum Gasteiger partial charge on any atom is -0.361 e. The first kappa shape index (κ1) is 38.0. The molecule has 59 heavy (non-hydrogen) atoms. The Morgan fingerprint density at radius 3 is 1.61 bits per heavy atom. The molecule has 2 heterocycles. The molecule has 0 spiro atoms. The molecule has 2 nitrogen and oxygen atoms in total. The summed E-state index contributed by atoms with van der Waals surface area (Å²) in [6, 6.07) is 46.1. The summed E-state index contributed by atoms with van der Waals surface area (Å²) in [5.41, 5.74) is 21.1. The highest BCUT2D eigenvalue weighted by molar-refractivity contribution is 7.21. The number of aromatic nitrogens is 2. The van der Waals surface area contributed by atoms with Crippen molar-refractivity contribution in [2.75, 3.05) is 0 Å². The minimum absolute atomic E-state index is 0.482. The van der Waals surface area contributed by atoms with Crippen molar-refractivity contribution in [3.05, 3.63) is 183 Å². The van der Waals surface area contributed by atoms with Crippen LogP contribution in [0.1, 0.15) is 55.6 Å². The second-order valence-corrected chi connectivity index (χ2v) is 17.2. The van der Waals surface area contributed by atoms with E-state index in [0.717, 1.165) is 59.5 Å². The molecule has 0 bridgehead atoms. The first-order valence-electron chi connectivity index (χ1n) is 20.3. The molecule has 0 aliphatic rings. The molecule has 9 rings (SSSR count). The Morgan fingerprint density at radius 2 is 1.03 bits per heavy atom. The Bertz CT molecular complexity index is 3140. The van der Waals surface area contributed by atoms with E-state index in [2.05, 4.69) is 211 Å². The molecule has 0 saturated carbocycles. The third-order valence-corrected chi connectivity index (χ3v) is 12.7. The third-order valence-electron chi connectivity index (χ3n) is 11.6. The number of nitrogens with zero attached hydrogens (tertiary/aromatic N) is 2. The van der Waals surface area contributed by atoms with Gasteiger partial charge in [-0.05, 0) is 160 Å². The Kier molecular flexibility index (Phi) is 9.85. The summed E-state index contributed by atoms with van der Waals surface area (Å²) in [5, 5.41) is 3.31. The topological polar surface area (TPSA) is 17.8 Å². The second-order valence-electron chi connectivity index (χ2n) is 16.1. The van der Waals surface area contributed by atoms with Gasteiger partial charge in [0.25, 0.3) is 0 Å². The van der Waals surface area contributed by atoms with Gasteiger partial charge in [0.2, 0.25) is 0 Å². The maximum Gasteiger partial charge on any atom is 0.434 e. The highest BCUT2D eigenvalue weighted by atomic mass is 32.1. The number of benzene rings is 7. The molecule has 0 saturated heterocycles. The quantitative estimate of drug-likeness (QED) is 0.129. The number of thiazole rings is 1. The van der Waals surface area contributed by atoms with Gasteiger partial charge in [0.05, 0.1) is 10.2 Å². The lowest BCUT2D eigenvalue weighted by Gasteiger charge is -2.15. The van der Waals surface area contributed by atoms with E-state index in [-0.39, 0.29) is 0 Å². The van der Waals surface area contributed by atoms with Crippen molar-refractivity contribution < 1.29 is 0 Å². The van der Waals surface area contributed by atoms with Gasteiger partial charge in [0.15, 0.2) is 0 Å². The predicted octanol–water partition coefficient (Wildman–Crippen LogP) is 13.9. The van der Waals surface area contributed by atoms with Gasteiger partial charge in [-0.2, -0.15) is 0 Å². The van der Waals surface area contributed by atoms with Crippen molar-refractivity contribution in [1.82, 2.24) is 9.46 Å². The van der Waals surface area contributed by atoms with Gasteiger partial charge < -0.3 is 4.48 Å². The van der Waals surface area contributed by atoms with Crippen LogP contribution in [0.2, 0.25) is 0 Å². The summed E-state index contributed by atoms with van der Waals surface area (Å²) in [5.74, 6) is 14.6. The lowest BCUT2D eigenvalue weighted by molar-refractivity contribution is 1.32. The molecular weight excluding hydrogens is 731 g/mol. The van der Waals surface area contributed by atoms with Crippen LogP contribution in [0.3, 0.4) is 0 Å². The zero-order valence-electron chi connectivity index (χ0n) is 35.0. The van der Waals surface area contributed by atoms with Gasteiger partial charge in [-0.15, -0.1) is 23.0 Å². The Balaban J connectivity index is 1.44. The fraction of sp³-hybridized carbons (Fsp3) is 0.145. The first-order chi connectivity index (χ1) is 28.5. The Hall–Kier alpha value is -6.59. The number of hydrogen-bond acceptors (Lipinski definition) is 2. The van der Waals surface area contributed by atoms with Crippen LogP contribution < -0.4 is 0 Å². The van der Waals surface area contributed by atoms with Crippen LogP contribution in [0.5, 0.6) is 0 Å². The van der Waals surface area contributed by atoms with E-state index in [4.69, 9.17) is 4.98 Å². The van der Waals surface area contributed by atoms with Gasteiger partial charge in [0, 0.05) is 38.5 Å². The maximum atomic E-state index is 5.34. The Morgan fingerprint density at radius 1 is 0.508 bits per heavy atom. The van der Waals surface area contributed by atoms with Gasteiger partial charge in [-0.3, -0.25) is 0 Å². The summed E-state index contributed by atoms with van der Waals surface area (Å²) < 4.78 is 3.56. The SMILES string of the molecule is Cc1cc(C)c(-c2ccc3c(c2)c2cc(-c4c(C)cc(C)cc4C)cc(-c4nc5ccccc5s4)c2n3B(C#Cc2ccccc2C)C#Cc2ccccc2C)c(C)c1. The molecule has 7 aromatic carbocycles. The third kappa shape index (κ3) is 7.05. The largest absolute Gasteiger partial charge is 0.434 e. The van der Waals surface area contributed by atoms with E-state index in [1.165, 1.54) is 61.0 Å². The number of fused-ring (bicyclic) bond motifs is 4. The van der Waals surface area contributed by atoms with E-state index >= 15 is 0 Å². The van der Waals surface area contributed by atoms with Crippen LogP contribution >= 0.6 is 11.3 Å². The van der Waals surface area contributed by atoms with Gasteiger partial charge >= 0.3 is 6.85 Å². The number of aryl methyl sites for hydroxylation is 8. The molecule has 284 valence electrons. The van der Waals surface area contributed by atoms with Crippen LogP contribution in [-0.4, -0.2) is 16.3 Å². The molecule has 0 N–H and O–H groups in total. The molecule has 4 heteroatoms. The molecule has 0 aliphatic heterocycles. The number of para-hydroxylation sites is 1. The van der Waals surface area contributed by atoms with Gasteiger partial charge in [-0.25, -0.2) is 4.98 Å². The molecule has 0 unspecified atom stereocenters. The van der Waals surface area contributed by atoms with Crippen LogP contribution in [-0.2, 0) is 0 Å². The number of rotatable bonds is 4. The predicted molar refractivity (Wildman–Crippen MR) is 255 cm³/mol. The lowest BCUT2D eigenvalue weighted by Crippen LogP contribution is -2.22. The van der Waals surface area contributed by atoms with Crippen molar-refractivity contribution in [2.24, 2.45) is 0 Å². The summed E-state index contributed by atoms with van der Waals surface area (Å²) in [4.78, 5) is 5.34. The molecule has 9 aromatic rings. The maximum absolute atomic E-state index is 5.34. The highest BCUT2D eigenvalue weighted by Gasteiger charge is 2.26. The van der Waals surface area contributed by atoms with Crippen molar-refractivity contribution in [1.29, 1.82) is 0 Å². The number of hydrogen-bond donors (Lipinski definition) is 0. The highest BCUT2D eigenvalue weighted by Crippen LogP contribution is 2.44. The normalized spacial score (nSPS) is 11.1. The van der Waals surface area contributed by atoms with Crippen LogP contribution in [0, 0.1) is 78.9 Å². The van der Waals surface area contributed by atoms with E-state index in [0.29, 0.717) is 0 Å². The molecule has 0 fully saturated rings. The molecule has 2 aromatic heterocycles. The van der Waals surface area contributed by atoms with Gasteiger partial charge in [0.1, 0.15) is 5.01 Å². The summed E-state index contributed by atoms with van der Waals surface area (Å²) in [6.45, 7) is 17.1. The standard InChI is InChI=1S/C55H45BN2S/c1-34-27-38(5)52(39(6)28-34)44-21-22-50-46(31-44)47-32-45(53-40(7)29-35(2)30-41(53)8)33-48(55-57-49-19-13-14-20-51(49)59-55)54(47)58(50)56(25-23-42-17-11-9-15-36(42)3)26-24-43-18-12-10-16-37(43)4/h9-22,27-33H,1-8H3. The monoisotopic (exact) mass is 776 g/mol. The molecule has 0 radical (unpaired) electrons. The van der Waals surface area contributed by atoms with Crippen molar-refractivity contribution >= 4 is 50.2 Å². The zero-order valence-corrected chi connectivity index (χ0v) is 35.8. The van der Waals surface area contributed by atoms with Crippen LogP contribution in [0.4, 0.5) is 0 Å². The van der Waals surface area contributed by atoms with Crippen molar-refractivity contribution in [3.63, 3.8) is 0 Å². The van der Waals surface area contributed by atoms with Gasteiger partial charge in [-0.1, -0.05) is 102 Å². The van der Waals surface area contributed by atoms with E-state index in [1.807, 2.05) is 0 Å². The smallest absolute Gasteiger partial charge is 0.361 e. The molecular formula is C55H45BN2S. The van der Waals surface area contributed by atoms with Crippen LogP contribution in [0.25, 0.3) is 64.8 Å². The minimum atomic E-state index is -0.482. The summed E-state index contributed by atoms with van der Waals surface area (Å²) in [6.07, 6.45) is 0. The first-order valence-corrected chi connectivity index (χ1v) is 21.1. The van der Waals surface area contributed by atoms with Crippen molar-refractivity contribution in [3.8, 4) is 56.3 Å². The fourth-order valence-electron chi connectivity index (χ4n) is 9.05. The molecule has 0 atom stereocenters. The zero-order chi connectivity index (χ0) is 40.9. The van der Waals surface area contributed by atoms with E-state index < -0.39 is 6.85 Å². The summed E-state index contributed by atoms with van der Waals surface area (Å²) >= 11 is 1.74. The molecule has 0 amide bonds. The second kappa shape index (κ2) is 15.3. The molecule has 0 aliphatic carbocycles. The van der Waals surface area contributed by atoms with E-state index in [9.17, 15) is 0 Å². The summed E-state index contributed by atoms with van der Waals surface area (Å²) in [7, 11) is 0. The van der Waals surface area contributed by atoms with E-state index in [1.54, 1.807) is 11.3 Å². The Labute approximate surface area is 352 Å². The fourth-order valence-corrected chi connectivity index (χ4v) is 10.0.